The van der Waals surface area contributed by atoms with Crippen molar-refractivity contribution in [1.29, 1.82) is 0 Å². The Morgan fingerprint density at radius 3 is 2.54 bits per heavy atom. The largest absolute Gasteiger partial charge is 0.432 e. The first-order valence-electron chi connectivity index (χ1n) is 8.87. The van der Waals surface area contributed by atoms with E-state index in [0.29, 0.717) is 16.8 Å². The summed E-state index contributed by atoms with van der Waals surface area (Å²) in [6, 6.07) is 16.3. The van der Waals surface area contributed by atoms with Crippen molar-refractivity contribution in [2.45, 2.75) is 26.2 Å². The van der Waals surface area contributed by atoms with Crippen LogP contribution in [0.4, 0.5) is 0 Å². The number of nitrogens with zero attached hydrogens (tertiary/aromatic N) is 3. The fourth-order valence-corrected chi connectivity index (χ4v) is 3.62. The number of rotatable bonds is 2. The summed E-state index contributed by atoms with van der Waals surface area (Å²) in [4.78, 5) is 11.3. The summed E-state index contributed by atoms with van der Waals surface area (Å²) >= 11 is 5.54. The van der Waals surface area contributed by atoms with Gasteiger partial charge in [0, 0.05) is 25.1 Å². The van der Waals surface area contributed by atoms with Gasteiger partial charge in [-0.1, -0.05) is 30.3 Å². The first-order chi connectivity index (χ1) is 12.6. The second kappa shape index (κ2) is 7.00. The van der Waals surface area contributed by atoms with Gasteiger partial charge >= 0.3 is 0 Å². The maximum absolute atomic E-state index is 5.95. The van der Waals surface area contributed by atoms with Crippen molar-refractivity contribution in [3.63, 3.8) is 0 Å². The van der Waals surface area contributed by atoms with Crippen molar-refractivity contribution in [2.75, 3.05) is 13.1 Å². The summed E-state index contributed by atoms with van der Waals surface area (Å²) in [6.45, 7) is 5.75. The number of thiocarbonyl (C=S) groups is 1. The van der Waals surface area contributed by atoms with Crippen molar-refractivity contribution in [1.82, 2.24) is 14.9 Å². The van der Waals surface area contributed by atoms with Crippen LogP contribution in [0.15, 0.2) is 48.5 Å². The molecule has 1 aromatic heterocycles. The summed E-state index contributed by atoms with van der Waals surface area (Å²) in [5.74, 6) is 1.22. The molecular weight excluding hydrogens is 342 g/mol. The smallest absolute Gasteiger partial charge is 0.264 e. The number of aromatic nitrogens is 2. The lowest BCUT2D eigenvalue weighted by molar-refractivity contribution is 0.403. The molecule has 1 atom stereocenters. The van der Waals surface area contributed by atoms with E-state index in [9.17, 15) is 0 Å². The molecule has 0 bridgehead atoms. The molecule has 0 aliphatic carbocycles. The van der Waals surface area contributed by atoms with Gasteiger partial charge in [0.25, 0.3) is 5.17 Å². The van der Waals surface area contributed by atoms with Gasteiger partial charge in [-0.3, -0.25) is 0 Å². The molecule has 4 nitrogen and oxygen atoms in total. The molecule has 1 unspecified atom stereocenters. The van der Waals surface area contributed by atoms with Crippen LogP contribution in [0.5, 0.6) is 5.75 Å². The number of fused-ring (bicyclic) bond motifs is 1. The lowest BCUT2D eigenvalue weighted by Crippen LogP contribution is -2.31. The van der Waals surface area contributed by atoms with E-state index >= 15 is 0 Å². The van der Waals surface area contributed by atoms with Gasteiger partial charge in [-0.05, 0) is 50.2 Å². The quantitative estimate of drug-likeness (QED) is 0.631. The Morgan fingerprint density at radius 1 is 1.04 bits per heavy atom. The molecule has 0 saturated carbocycles. The molecule has 1 aliphatic heterocycles. The Kier molecular flexibility index (Phi) is 4.55. The summed E-state index contributed by atoms with van der Waals surface area (Å²) in [6.07, 6.45) is 1.09. The monoisotopic (exact) mass is 363 g/mol. The van der Waals surface area contributed by atoms with Crippen molar-refractivity contribution >= 4 is 28.4 Å². The van der Waals surface area contributed by atoms with Crippen LogP contribution >= 0.6 is 12.2 Å². The van der Waals surface area contributed by atoms with Gasteiger partial charge in [-0.25, -0.2) is 9.97 Å². The van der Waals surface area contributed by atoms with Crippen LogP contribution < -0.4 is 4.74 Å². The minimum Gasteiger partial charge on any atom is -0.432 e. The average molecular weight is 363 g/mol. The average Bonchev–Trinajstić information content (AvgIpc) is 3.14. The van der Waals surface area contributed by atoms with E-state index in [-0.39, 0.29) is 0 Å². The summed E-state index contributed by atoms with van der Waals surface area (Å²) in [5, 5.41) is 0.527. The molecule has 26 heavy (non-hydrogen) atoms. The molecule has 2 heterocycles. The zero-order valence-corrected chi connectivity index (χ0v) is 15.8. The second-order valence-electron chi connectivity index (χ2n) is 6.76. The van der Waals surface area contributed by atoms with E-state index < -0.39 is 0 Å². The third-order valence-corrected chi connectivity index (χ3v) is 5.31. The Balaban J connectivity index is 1.46. The topological polar surface area (TPSA) is 38.2 Å². The molecule has 5 heteroatoms. The van der Waals surface area contributed by atoms with Gasteiger partial charge in [0.05, 0.1) is 22.4 Å². The van der Waals surface area contributed by atoms with Crippen LogP contribution in [0.2, 0.25) is 0 Å². The van der Waals surface area contributed by atoms with Crippen LogP contribution in [0.25, 0.3) is 11.0 Å². The highest BCUT2D eigenvalue weighted by atomic mass is 32.1. The van der Waals surface area contributed by atoms with Crippen molar-refractivity contribution in [3.05, 3.63) is 65.5 Å². The Hall–Kier alpha value is -2.53. The number of likely N-dealkylation sites (tertiary alicyclic amines) is 1. The van der Waals surface area contributed by atoms with E-state index in [1.807, 2.05) is 32.0 Å². The zero-order chi connectivity index (χ0) is 18.1. The standard InChI is InChI=1S/C21H21N3OS/c1-14-15(2)23-20-12-18(8-9-19(20)22-14)25-21(26)24-11-10-17(13-24)16-6-4-3-5-7-16/h3-9,12,17H,10-11,13H2,1-2H3. The Labute approximate surface area is 158 Å². The van der Waals surface area contributed by atoms with Gasteiger partial charge in [0.1, 0.15) is 5.75 Å². The van der Waals surface area contributed by atoms with Crippen molar-refractivity contribution in [2.24, 2.45) is 0 Å². The molecule has 132 valence electrons. The predicted molar refractivity (Wildman–Crippen MR) is 108 cm³/mol. The van der Waals surface area contributed by atoms with E-state index in [1.165, 1.54) is 5.56 Å². The van der Waals surface area contributed by atoms with Crippen LogP contribution in [0, 0.1) is 13.8 Å². The van der Waals surface area contributed by atoms with Gasteiger partial charge in [0.15, 0.2) is 0 Å². The normalized spacial score (nSPS) is 16.8. The van der Waals surface area contributed by atoms with Crippen LogP contribution in [-0.4, -0.2) is 33.1 Å². The number of benzene rings is 2. The summed E-state index contributed by atoms with van der Waals surface area (Å²) in [5.41, 5.74) is 4.95. The maximum Gasteiger partial charge on any atom is 0.264 e. The van der Waals surface area contributed by atoms with Gasteiger partial charge in [0.2, 0.25) is 0 Å². The Bertz CT molecular complexity index is 958. The fraction of sp³-hybridized carbons (Fsp3) is 0.286. The third-order valence-electron chi connectivity index (χ3n) is 4.97. The summed E-state index contributed by atoms with van der Waals surface area (Å²) in [7, 11) is 0. The molecule has 0 radical (unpaired) electrons. The van der Waals surface area contributed by atoms with Gasteiger partial charge < -0.3 is 9.64 Å². The van der Waals surface area contributed by atoms with E-state index in [0.717, 1.165) is 41.9 Å². The molecule has 4 rings (SSSR count). The molecule has 1 fully saturated rings. The van der Waals surface area contributed by atoms with Gasteiger partial charge in [-0.2, -0.15) is 0 Å². The zero-order valence-electron chi connectivity index (χ0n) is 15.0. The van der Waals surface area contributed by atoms with Crippen molar-refractivity contribution < 1.29 is 4.74 Å². The van der Waals surface area contributed by atoms with Gasteiger partial charge in [-0.15, -0.1) is 0 Å². The SMILES string of the molecule is Cc1nc2ccc(OC(=S)N3CCC(c4ccccc4)C3)cc2nc1C. The number of hydrogen-bond donors (Lipinski definition) is 0. The van der Waals surface area contributed by atoms with E-state index in [2.05, 4.69) is 45.2 Å². The number of aryl methyl sites for hydroxylation is 2. The second-order valence-corrected chi connectivity index (χ2v) is 7.10. The molecule has 1 saturated heterocycles. The lowest BCUT2D eigenvalue weighted by atomic mass is 9.99. The molecule has 0 spiro atoms. The Morgan fingerprint density at radius 2 is 1.77 bits per heavy atom. The summed E-state index contributed by atoms with van der Waals surface area (Å²) < 4.78 is 5.95. The van der Waals surface area contributed by atoms with E-state index in [1.54, 1.807) is 0 Å². The molecule has 3 aromatic rings. The predicted octanol–water partition coefficient (Wildman–Crippen LogP) is 4.40. The molecule has 2 aromatic carbocycles. The minimum absolute atomic E-state index is 0.505. The van der Waals surface area contributed by atoms with Crippen LogP contribution in [0.1, 0.15) is 29.3 Å². The third kappa shape index (κ3) is 3.40. The highest BCUT2D eigenvalue weighted by Gasteiger charge is 2.26. The number of hydrogen-bond acceptors (Lipinski definition) is 4. The van der Waals surface area contributed by atoms with Crippen LogP contribution in [0.3, 0.4) is 0 Å². The van der Waals surface area contributed by atoms with Crippen molar-refractivity contribution in [3.8, 4) is 5.75 Å². The first kappa shape index (κ1) is 16.9. The fourth-order valence-electron chi connectivity index (χ4n) is 3.36. The number of ether oxygens (including phenoxy) is 1. The molecule has 0 amide bonds. The molecule has 0 N–H and O–H groups in total. The van der Waals surface area contributed by atoms with Crippen LogP contribution in [-0.2, 0) is 0 Å². The lowest BCUT2D eigenvalue weighted by Gasteiger charge is -2.19. The maximum atomic E-state index is 5.95. The van der Waals surface area contributed by atoms with E-state index in [4.69, 9.17) is 17.0 Å². The highest BCUT2D eigenvalue weighted by Crippen LogP contribution is 2.28. The minimum atomic E-state index is 0.505. The molecule has 1 aliphatic rings. The highest BCUT2D eigenvalue weighted by molar-refractivity contribution is 7.80. The first-order valence-corrected chi connectivity index (χ1v) is 9.27. The molecular formula is C21H21N3OS.